The topological polar surface area (TPSA) is 70.2 Å². The third-order valence-corrected chi connectivity index (χ3v) is 5.95. The van der Waals surface area contributed by atoms with E-state index in [0.29, 0.717) is 17.9 Å². The van der Waals surface area contributed by atoms with Crippen LogP contribution >= 0.6 is 0 Å². The summed E-state index contributed by atoms with van der Waals surface area (Å²) < 4.78 is 0. The smallest absolute Gasteiger partial charge is 0.251 e. The van der Waals surface area contributed by atoms with Gasteiger partial charge in [-0.05, 0) is 62.7 Å². The lowest BCUT2D eigenvalue weighted by Crippen LogP contribution is -2.23. The fraction of sp³-hybridized carbons (Fsp3) is 0.207. The Hall–Kier alpha value is -4.19. The lowest BCUT2D eigenvalue weighted by Gasteiger charge is -2.21. The molecule has 0 radical (unpaired) electrons. The van der Waals surface area contributed by atoms with Crippen molar-refractivity contribution in [3.05, 3.63) is 102 Å². The van der Waals surface area contributed by atoms with Crippen molar-refractivity contribution in [3.63, 3.8) is 0 Å². The third-order valence-electron chi connectivity index (χ3n) is 5.95. The van der Waals surface area contributed by atoms with Crippen LogP contribution in [-0.2, 0) is 6.54 Å². The summed E-state index contributed by atoms with van der Waals surface area (Å²) in [4.78, 5) is 23.6. The number of aryl methyl sites for hydroxylation is 1. The van der Waals surface area contributed by atoms with Gasteiger partial charge in [0.25, 0.3) is 5.91 Å². The van der Waals surface area contributed by atoms with Crippen LogP contribution in [-0.4, -0.2) is 29.0 Å². The molecule has 0 bridgehead atoms. The summed E-state index contributed by atoms with van der Waals surface area (Å²) in [6, 6.07) is 25.8. The quantitative estimate of drug-likeness (QED) is 0.319. The zero-order chi connectivity index (χ0) is 24.6. The summed E-state index contributed by atoms with van der Waals surface area (Å²) in [6.07, 6.45) is 1.55. The van der Waals surface area contributed by atoms with Crippen molar-refractivity contribution in [1.82, 2.24) is 15.3 Å². The van der Waals surface area contributed by atoms with Gasteiger partial charge in [0, 0.05) is 48.2 Å². The van der Waals surface area contributed by atoms with Gasteiger partial charge in [-0.3, -0.25) is 4.79 Å². The van der Waals surface area contributed by atoms with Gasteiger partial charge >= 0.3 is 0 Å². The first-order valence-electron chi connectivity index (χ1n) is 11.9. The van der Waals surface area contributed by atoms with Gasteiger partial charge in [0.05, 0.1) is 5.69 Å². The summed E-state index contributed by atoms with van der Waals surface area (Å²) in [5, 5.41) is 6.28. The molecule has 0 atom stereocenters. The van der Waals surface area contributed by atoms with Gasteiger partial charge in [-0.2, -0.15) is 0 Å². The zero-order valence-electron chi connectivity index (χ0n) is 20.5. The van der Waals surface area contributed by atoms with Crippen LogP contribution in [0.2, 0.25) is 0 Å². The van der Waals surface area contributed by atoms with E-state index in [4.69, 9.17) is 0 Å². The molecule has 2 N–H and O–H groups in total. The summed E-state index contributed by atoms with van der Waals surface area (Å²) in [5.41, 5.74) is 6.82. The van der Waals surface area contributed by atoms with Crippen LogP contribution in [0.15, 0.2) is 85.2 Å². The van der Waals surface area contributed by atoms with Gasteiger partial charge in [0.2, 0.25) is 0 Å². The van der Waals surface area contributed by atoms with Crippen molar-refractivity contribution in [2.45, 2.75) is 27.3 Å². The van der Waals surface area contributed by atoms with Crippen LogP contribution in [0.4, 0.5) is 17.2 Å². The molecule has 0 fully saturated rings. The molecule has 1 heterocycles. The molecule has 0 saturated carbocycles. The molecule has 4 aromatic rings. The number of hydrogen-bond donors (Lipinski definition) is 2. The maximum atomic E-state index is 12.6. The van der Waals surface area contributed by atoms with Crippen molar-refractivity contribution in [2.75, 3.05) is 23.3 Å². The van der Waals surface area contributed by atoms with Gasteiger partial charge in [0.15, 0.2) is 0 Å². The van der Waals surface area contributed by atoms with Gasteiger partial charge in [0.1, 0.15) is 12.1 Å². The Morgan fingerprint density at radius 1 is 0.857 bits per heavy atom. The summed E-state index contributed by atoms with van der Waals surface area (Å²) in [5.74, 6) is 0.592. The Balaban J connectivity index is 1.34. The minimum atomic E-state index is -0.104. The molecule has 1 aromatic heterocycles. The van der Waals surface area contributed by atoms with Crippen molar-refractivity contribution in [2.24, 2.45) is 0 Å². The highest BCUT2D eigenvalue weighted by atomic mass is 16.1. The molecule has 0 aliphatic heterocycles. The van der Waals surface area contributed by atoms with Gasteiger partial charge in [-0.15, -0.1) is 0 Å². The molecular formula is C29H31N5O. The Morgan fingerprint density at radius 3 is 2.20 bits per heavy atom. The van der Waals surface area contributed by atoms with Crippen LogP contribution in [0, 0.1) is 6.92 Å². The standard InChI is InChI=1S/C29H31N5O/c1-4-34(5-2)26-16-8-22(9-17-26)19-30-29(35)24-12-14-25(15-13-24)33-28-18-27(31-20-32-28)23-10-6-21(3)7-11-23/h6-18,20H,4-5,19H2,1-3H3,(H,30,35)(H,31,32,33). The van der Waals surface area contributed by atoms with Crippen LogP contribution < -0.4 is 15.5 Å². The number of nitrogens with zero attached hydrogens (tertiary/aromatic N) is 3. The monoisotopic (exact) mass is 465 g/mol. The number of hydrogen-bond acceptors (Lipinski definition) is 5. The Labute approximate surface area is 207 Å². The number of nitrogens with one attached hydrogen (secondary N) is 2. The lowest BCUT2D eigenvalue weighted by molar-refractivity contribution is 0.0951. The highest BCUT2D eigenvalue weighted by Crippen LogP contribution is 2.22. The molecule has 0 saturated heterocycles. The normalized spacial score (nSPS) is 10.6. The first-order chi connectivity index (χ1) is 17.1. The predicted octanol–water partition coefficient (Wildman–Crippen LogP) is 5.97. The number of benzene rings is 3. The second kappa shape index (κ2) is 11.3. The molecule has 0 aliphatic carbocycles. The Bertz CT molecular complexity index is 1250. The first kappa shape index (κ1) is 24.0. The van der Waals surface area contributed by atoms with Crippen LogP contribution in [0.1, 0.15) is 35.3 Å². The van der Waals surface area contributed by atoms with E-state index < -0.39 is 0 Å². The molecule has 35 heavy (non-hydrogen) atoms. The van der Waals surface area contributed by atoms with E-state index in [2.05, 4.69) is 82.7 Å². The van der Waals surface area contributed by atoms with Crippen molar-refractivity contribution in [1.29, 1.82) is 0 Å². The lowest BCUT2D eigenvalue weighted by atomic mass is 10.1. The van der Waals surface area contributed by atoms with Crippen LogP contribution in [0.5, 0.6) is 0 Å². The fourth-order valence-electron chi connectivity index (χ4n) is 3.86. The maximum Gasteiger partial charge on any atom is 0.251 e. The van der Waals surface area contributed by atoms with Crippen LogP contribution in [0.3, 0.4) is 0 Å². The number of carbonyl (C=O) groups excluding carboxylic acids is 1. The van der Waals surface area contributed by atoms with E-state index in [-0.39, 0.29) is 5.91 Å². The summed E-state index contributed by atoms with van der Waals surface area (Å²) >= 11 is 0. The number of aromatic nitrogens is 2. The highest BCUT2D eigenvalue weighted by molar-refractivity contribution is 5.94. The molecule has 6 heteroatoms. The van der Waals surface area contributed by atoms with E-state index >= 15 is 0 Å². The highest BCUT2D eigenvalue weighted by Gasteiger charge is 2.08. The first-order valence-corrected chi connectivity index (χ1v) is 11.9. The van der Waals surface area contributed by atoms with E-state index in [1.165, 1.54) is 11.3 Å². The number of anilines is 3. The molecule has 3 aromatic carbocycles. The maximum absolute atomic E-state index is 12.6. The van der Waals surface area contributed by atoms with Gasteiger partial charge in [-0.25, -0.2) is 9.97 Å². The van der Waals surface area contributed by atoms with Crippen molar-refractivity contribution >= 4 is 23.1 Å². The minimum absolute atomic E-state index is 0.104. The fourth-order valence-corrected chi connectivity index (χ4v) is 3.86. The predicted molar refractivity (Wildman–Crippen MR) is 143 cm³/mol. The molecule has 6 nitrogen and oxygen atoms in total. The second-order valence-electron chi connectivity index (χ2n) is 8.38. The average Bonchev–Trinajstić information content (AvgIpc) is 2.90. The molecule has 0 aliphatic rings. The largest absolute Gasteiger partial charge is 0.372 e. The number of rotatable bonds is 9. The number of amides is 1. The average molecular weight is 466 g/mol. The SMILES string of the molecule is CCN(CC)c1ccc(CNC(=O)c2ccc(Nc3cc(-c4ccc(C)cc4)ncn3)cc2)cc1. The van der Waals surface area contributed by atoms with E-state index in [1.54, 1.807) is 6.33 Å². The summed E-state index contributed by atoms with van der Waals surface area (Å²) in [6.45, 7) is 8.79. The molecule has 0 spiro atoms. The molecule has 178 valence electrons. The molecule has 4 rings (SSSR count). The van der Waals surface area contributed by atoms with Crippen LogP contribution in [0.25, 0.3) is 11.3 Å². The molecular weight excluding hydrogens is 434 g/mol. The third kappa shape index (κ3) is 6.23. The van der Waals surface area contributed by atoms with Crippen molar-refractivity contribution < 1.29 is 4.79 Å². The van der Waals surface area contributed by atoms with Crippen molar-refractivity contribution in [3.8, 4) is 11.3 Å². The summed E-state index contributed by atoms with van der Waals surface area (Å²) in [7, 11) is 0. The number of carbonyl (C=O) groups is 1. The van der Waals surface area contributed by atoms with Gasteiger partial charge in [-0.1, -0.05) is 42.0 Å². The Kier molecular flexibility index (Phi) is 7.73. The van der Waals surface area contributed by atoms with Gasteiger partial charge < -0.3 is 15.5 Å². The van der Waals surface area contributed by atoms with E-state index in [0.717, 1.165) is 35.6 Å². The Morgan fingerprint density at radius 2 is 1.54 bits per heavy atom. The second-order valence-corrected chi connectivity index (χ2v) is 8.38. The zero-order valence-corrected chi connectivity index (χ0v) is 20.5. The molecule has 0 unspecified atom stereocenters. The minimum Gasteiger partial charge on any atom is -0.372 e. The van der Waals surface area contributed by atoms with E-state index in [9.17, 15) is 4.79 Å². The van der Waals surface area contributed by atoms with E-state index in [1.807, 2.05) is 42.5 Å². The molecule has 1 amide bonds.